The zero-order valence-electron chi connectivity index (χ0n) is 13.5. The second-order valence-electron chi connectivity index (χ2n) is 6.49. The normalized spacial score (nSPS) is 23.9. The van der Waals surface area contributed by atoms with Crippen LogP contribution < -0.4 is 10.6 Å². The number of rotatable bonds is 4. The van der Waals surface area contributed by atoms with E-state index in [2.05, 4.69) is 15.5 Å². The number of nitrogens with one attached hydrogen (secondary N) is 2. The van der Waals surface area contributed by atoms with Crippen molar-refractivity contribution in [1.29, 1.82) is 0 Å². The molecule has 0 aliphatic carbocycles. The molecule has 2 N–H and O–H groups in total. The van der Waals surface area contributed by atoms with E-state index in [0.717, 1.165) is 31.6 Å². The fourth-order valence-corrected chi connectivity index (χ4v) is 3.47. The molecule has 2 heterocycles. The molecule has 1 amide bonds. The van der Waals surface area contributed by atoms with Crippen molar-refractivity contribution in [2.45, 2.75) is 32.4 Å². The minimum Gasteiger partial charge on any atom is -0.351 e. The van der Waals surface area contributed by atoms with Crippen molar-refractivity contribution in [3.8, 4) is 0 Å². The highest BCUT2D eigenvalue weighted by Gasteiger charge is 2.32. The summed E-state index contributed by atoms with van der Waals surface area (Å²) in [7, 11) is 0. The maximum absolute atomic E-state index is 13.5. The van der Waals surface area contributed by atoms with E-state index in [-0.39, 0.29) is 24.1 Å². The van der Waals surface area contributed by atoms with Crippen LogP contribution in [-0.2, 0) is 11.3 Å². The number of fused-ring (bicyclic) bond motifs is 1. The number of hydrogen-bond donors (Lipinski definition) is 2. The number of likely N-dealkylation sites (tertiary alicyclic amines) is 1. The van der Waals surface area contributed by atoms with Gasteiger partial charge in [0.25, 0.3) is 0 Å². The Bertz CT molecular complexity index is 555. The molecule has 0 aromatic heterocycles. The molecule has 0 bridgehead atoms. The first kappa shape index (κ1) is 18.2. The molecule has 0 radical (unpaired) electrons. The number of piperidine rings is 1. The average molecular weight is 342 g/mol. The van der Waals surface area contributed by atoms with Crippen LogP contribution in [0.25, 0.3) is 0 Å². The molecule has 3 rings (SSSR count). The van der Waals surface area contributed by atoms with Crippen LogP contribution in [0.3, 0.4) is 0 Å². The molecule has 2 fully saturated rings. The molecule has 128 valence electrons. The first-order valence-electron chi connectivity index (χ1n) is 8.09. The molecule has 2 atom stereocenters. The van der Waals surface area contributed by atoms with E-state index < -0.39 is 0 Å². The predicted octanol–water partition coefficient (Wildman–Crippen LogP) is 1.86. The lowest BCUT2D eigenvalue weighted by Gasteiger charge is -2.34. The quantitative estimate of drug-likeness (QED) is 0.878. The molecule has 2 saturated heterocycles. The molecule has 1 aromatic rings. The van der Waals surface area contributed by atoms with Gasteiger partial charge in [0.2, 0.25) is 5.91 Å². The largest absolute Gasteiger partial charge is 0.351 e. The van der Waals surface area contributed by atoms with Crippen molar-refractivity contribution < 1.29 is 9.18 Å². The average Bonchev–Trinajstić information content (AvgIpc) is 2.96. The number of amides is 1. The first-order valence-corrected chi connectivity index (χ1v) is 8.09. The Hall–Kier alpha value is -1.17. The van der Waals surface area contributed by atoms with Crippen LogP contribution in [0.15, 0.2) is 18.2 Å². The lowest BCUT2D eigenvalue weighted by atomic mass is 9.93. The number of carbonyl (C=O) groups is 1. The Morgan fingerprint density at radius 2 is 2.26 bits per heavy atom. The smallest absolute Gasteiger partial charge is 0.234 e. The topological polar surface area (TPSA) is 44.4 Å². The van der Waals surface area contributed by atoms with Gasteiger partial charge in [0.05, 0.1) is 6.54 Å². The molecule has 1 aromatic carbocycles. The summed E-state index contributed by atoms with van der Waals surface area (Å²) in [6.07, 6.45) is 2.34. The van der Waals surface area contributed by atoms with Crippen molar-refractivity contribution >= 4 is 18.3 Å². The molecule has 2 aliphatic rings. The van der Waals surface area contributed by atoms with Gasteiger partial charge < -0.3 is 10.6 Å². The Balaban J connectivity index is 0.00000192. The van der Waals surface area contributed by atoms with Crippen LogP contribution in [0.2, 0.25) is 0 Å². The summed E-state index contributed by atoms with van der Waals surface area (Å²) >= 11 is 0. The van der Waals surface area contributed by atoms with Crippen molar-refractivity contribution in [1.82, 2.24) is 15.5 Å². The SMILES string of the molecule is Cc1ccc(CNC(=O)CN2CCC3NCCC3C2)cc1F.Cl. The third-order valence-electron chi connectivity index (χ3n) is 4.83. The van der Waals surface area contributed by atoms with E-state index in [4.69, 9.17) is 0 Å². The lowest BCUT2D eigenvalue weighted by Crippen LogP contribution is -2.47. The molecule has 2 aliphatic heterocycles. The minimum absolute atomic E-state index is 0. The van der Waals surface area contributed by atoms with E-state index in [1.807, 2.05) is 6.07 Å². The summed E-state index contributed by atoms with van der Waals surface area (Å²) in [5.74, 6) is 0.487. The third-order valence-corrected chi connectivity index (χ3v) is 4.83. The van der Waals surface area contributed by atoms with Gasteiger partial charge in [-0.2, -0.15) is 0 Å². The van der Waals surface area contributed by atoms with Crippen molar-refractivity contribution in [3.05, 3.63) is 35.1 Å². The van der Waals surface area contributed by atoms with E-state index in [1.165, 1.54) is 12.5 Å². The van der Waals surface area contributed by atoms with Crippen molar-refractivity contribution in [2.75, 3.05) is 26.2 Å². The zero-order valence-corrected chi connectivity index (χ0v) is 14.3. The molecule has 6 heteroatoms. The highest BCUT2D eigenvalue weighted by molar-refractivity contribution is 5.85. The summed E-state index contributed by atoms with van der Waals surface area (Å²) in [4.78, 5) is 14.3. The van der Waals surface area contributed by atoms with Gasteiger partial charge in [0.15, 0.2) is 0 Å². The molecule has 23 heavy (non-hydrogen) atoms. The van der Waals surface area contributed by atoms with Crippen molar-refractivity contribution in [3.63, 3.8) is 0 Å². The van der Waals surface area contributed by atoms with Gasteiger partial charge in [-0.25, -0.2) is 4.39 Å². The standard InChI is InChI=1S/C17H24FN3O.ClH/c1-12-2-3-13(8-15(12)18)9-20-17(22)11-21-7-5-16-14(10-21)4-6-19-16;/h2-3,8,14,16,19H,4-7,9-11H2,1H3,(H,20,22);1H. The van der Waals surface area contributed by atoms with Crippen LogP contribution >= 0.6 is 12.4 Å². The van der Waals surface area contributed by atoms with Crippen LogP contribution in [0.1, 0.15) is 24.0 Å². The molecular weight excluding hydrogens is 317 g/mol. The van der Waals surface area contributed by atoms with Gasteiger partial charge in [0, 0.05) is 25.7 Å². The second-order valence-corrected chi connectivity index (χ2v) is 6.49. The maximum Gasteiger partial charge on any atom is 0.234 e. The summed E-state index contributed by atoms with van der Waals surface area (Å²) < 4.78 is 13.5. The highest BCUT2D eigenvalue weighted by Crippen LogP contribution is 2.24. The first-order chi connectivity index (χ1) is 10.6. The maximum atomic E-state index is 13.5. The van der Waals surface area contributed by atoms with Gasteiger partial charge in [0.1, 0.15) is 5.82 Å². The van der Waals surface area contributed by atoms with E-state index >= 15 is 0 Å². The van der Waals surface area contributed by atoms with Crippen molar-refractivity contribution in [2.24, 2.45) is 5.92 Å². The Morgan fingerprint density at radius 1 is 1.43 bits per heavy atom. The van der Waals surface area contributed by atoms with Crippen LogP contribution in [-0.4, -0.2) is 43.0 Å². The highest BCUT2D eigenvalue weighted by atomic mass is 35.5. The number of nitrogens with zero attached hydrogens (tertiary/aromatic N) is 1. The number of benzene rings is 1. The molecule has 2 unspecified atom stereocenters. The summed E-state index contributed by atoms with van der Waals surface area (Å²) in [6, 6.07) is 5.74. The zero-order chi connectivity index (χ0) is 15.5. The fraction of sp³-hybridized carbons (Fsp3) is 0.588. The van der Waals surface area contributed by atoms with Gasteiger partial charge in [-0.3, -0.25) is 9.69 Å². The van der Waals surface area contributed by atoms with Crippen LogP contribution in [0.5, 0.6) is 0 Å². The monoisotopic (exact) mass is 341 g/mol. The molecule has 0 saturated carbocycles. The number of halogens is 2. The van der Waals surface area contributed by atoms with E-state index in [9.17, 15) is 9.18 Å². The van der Waals surface area contributed by atoms with Gasteiger partial charge in [-0.1, -0.05) is 12.1 Å². The number of aryl methyl sites for hydroxylation is 1. The Labute approximate surface area is 143 Å². The number of carbonyl (C=O) groups excluding carboxylic acids is 1. The third kappa shape index (κ3) is 4.66. The van der Waals surface area contributed by atoms with Crippen LogP contribution in [0.4, 0.5) is 4.39 Å². The van der Waals surface area contributed by atoms with E-state index in [1.54, 1.807) is 13.0 Å². The van der Waals surface area contributed by atoms with Gasteiger partial charge in [-0.15, -0.1) is 12.4 Å². The molecule has 0 spiro atoms. The summed E-state index contributed by atoms with van der Waals surface area (Å²) in [5.41, 5.74) is 1.43. The predicted molar refractivity (Wildman–Crippen MR) is 91.2 cm³/mol. The number of hydrogen-bond acceptors (Lipinski definition) is 3. The Kier molecular flexibility index (Phi) is 6.39. The lowest BCUT2D eigenvalue weighted by molar-refractivity contribution is -0.122. The second kappa shape index (κ2) is 8.08. The molecule has 4 nitrogen and oxygen atoms in total. The minimum atomic E-state index is -0.220. The Morgan fingerprint density at radius 3 is 3.04 bits per heavy atom. The fourth-order valence-electron chi connectivity index (χ4n) is 3.47. The molecular formula is C17H25ClFN3O. The summed E-state index contributed by atoms with van der Waals surface area (Å²) in [5, 5.41) is 6.42. The van der Waals surface area contributed by atoms with Gasteiger partial charge >= 0.3 is 0 Å². The summed E-state index contributed by atoms with van der Waals surface area (Å²) in [6.45, 7) is 5.65. The van der Waals surface area contributed by atoms with E-state index in [0.29, 0.717) is 30.6 Å². The van der Waals surface area contributed by atoms with Crippen LogP contribution in [0, 0.1) is 18.7 Å². The van der Waals surface area contributed by atoms with Gasteiger partial charge in [-0.05, 0) is 49.4 Å².